The van der Waals surface area contributed by atoms with Crippen molar-refractivity contribution in [1.29, 1.82) is 0 Å². The Kier molecular flexibility index (Phi) is 3.58. The number of halogens is 4. The SMILES string of the molecule is FC(F)(F)c1cc(-c2ccccn2)n(-c2ncccc2Cl)n1. The fourth-order valence-electron chi connectivity index (χ4n) is 1.91. The first kappa shape index (κ1) is 14.5. The van der Waals surface area contributed by atoms with Crippen LogP contribution in [0.3, 0.4) is 0 Å². The lowest BCUT2D eigenvalue weighted by atomic mass is 10.2. The van der Waals surface area contributed by atoms with Crippen LogP contribution in [0.2, 0.25) is 5.02 Å². The number of hydrogen-bond acceptors (Lipinski definition) is 3. The Bertz CT molecular complexity index is 799. The zero-order chi connectivity index (χ0) is 15.7. The average molecular weight is 325 g/mol. The highest BCUT2D eigenvalue weighted by Gasteiger charge is 2.35. The minimum atomic E-state index is -4.57. The third kappa shape index (κ3) is 2.67. The van der Waals surface area contributed by atoms with Gasteiger partial charge in [-0.1, -0.05) is 17.7 Å². The van der Waals surface area contributed by atoms with Crippen molar-refractivity contribution in [2.75, 3.05) is 0 Å². The van der Waals surface area contributed by atoms with Crippen molar-refractivity contribution < 1.29 is 13.2 Å². The number of hydrogen-bond donors (Lipinski definition) is 0. The summed E-state index contributed by atoms with van der Waals surface area (Å²) < 4.78 is 39.9. The molecule has 22 heavy (non-hydrogen) atoms. The van der Waals surface area contributed by atoms with Gasteiger partial charge in [0.15, 0.2) is 11.5 Å². The van der Waals surface area contributed by atoms with Crippen molar-refractivity contribution in [3.8, 4) is 17.2 Å². The standard InChI is InChI=1S/C14H8ClF3N4/c15-9-4-3-7-20-13(9)22-11(10-5-1-2-6-19-10)8-12(21-22)14(16,17)18/h1-8H. The molecule has 0 radical (unpaired) electrons. The zero-order valence-electron chi connectivity index (χ0n) is 10.9. The molecular weight excluding hydrogens is 317 g/mol. The third-order valence-corrected chi connectivity index (χ3v) is 3.16. The van der Waals surface area contributed by atoms with Crippen molar-refractivity contribution in [1.82, 2.24) is 19.7 Å². The van der Waals surface area contributed by atoms with E-state index in [1.807, 2.05) is 0 Å². The molecule has 3 rings (SSSR count). The molecule has 3 aromatic heterocycles. The monoisotopic (exact) mass is 324 g/mol. The van der Waals surface area contributed by atoms with Gasteiger partial charge in [-0.15, -0.1) is 0 Å². The molecule has 112 valence electrons. The van der Waals surface area contributed by atoms with E-state index in [0.29, 0.717) is 5.69 Å². The number of pyridine rings is 2. The van der Waals surface area contributed by atoms with Gasteiger partial charge in [0, 0.05) is 12.4 Å². The number of nitrogens with zero attached hydrogens (tertiary/aromatic N) is 4. The fraction of sp³-hybridized carbons (Fsp3) is 0.0714. The summed E-state index contributed by atoms with van der Waals surface area (Å²) in [4.78, 5) is 8.06. The van der Waals surface area contributed by atoms with Gasteiger partial charge in [0.25, 0.3) is 0 Å². The third-order valence-electron chi connectivity index (χ3n) is 2.87. The van der Waals surface area contributed by atoms with Crippen LogP contribution in [0.15, 0.2) is 48.8 Å². The maximum absolute atomic E-state index is 13.0. The predicted octanol–water partition coefficient (Wildman–Crippen LogP) is 4.00. The quantitative estimate of drug-likeness (QED) is 0.715. The van der Waals surface area contributed by atoms with Crippen LogP contribution >= 0.6 is 11.6 Å². The summed E-state index contributed by atoms with van der Waals surface area (Å²) in [5, 5.41) is 3.78. The van der Waals surface area contributed by atoms with E-state index in [-0.39, 0.29) is 16.5 Å². The van der Waals surface area contributed by atoms with Crippen molar-refractivity contribution >= 4 is 11.6 Å². The maximum Gasteiger partial charge on any atom is 0.435 e. The van der Waals surface area contributed by atoms with Crippen molar-refractivity contribution in [2.45, 2.75) is 6.18 Å². The fourth-order valence-corrected chi connectivity index (χ4v) is 2.11. The highest BCUT2D eigenvalue weighted by atomic mass is 35.5. The van der Waals surface area contributed by atoms with E-state index in [1.54, 1.807) is 24.3 Å². The first-order valence-electron chi connectivity index (χ1n) is 6.16. The second-order valence-corrected chi connectivity index (χ2v) is 4.76. The summed E-state index contributed by atoms with van der Waals surface area (Å²) in [6, 6.07) is 8.97. The molecule has 0 aliphatic carbocycles. The molecule has 4 nitrogen and oxygen atoms in total. The first-order valence-corrected chi connectivity index (χ1v) is 6.54. The van der Waals surface area contributed by atoms with Crippen molar-refractivity contribution in [2.24, 2.45) is 0 Å². The summed E-state index contributed by atoms with van der Waals surface area (Å²) in [6.07, 6.45) is -1.66. The molecule has 0 fully saturated rings. The molecule has 3 heterocycles. The lowest BCUT2D eigenvalue weighted by Gasteiger charge is -2.07. The molecule has 0 bridgehead atoms. The van der Waals surface area contributed by atoms with Gasteiger partial charge in [-0.05, 0) is 30.3 Å². The molecule has 0 unspecified atom stereocenters. The largest absolute Gasteiger partial charge is 0.435 e. The van der Waals surface area contributed by atoms with Crippen LogP contribution in [0.5, 0.6) is 0 Å². The smallest absolute Gasteiger partial charge is 0.255 e. The summed E-state index contributed by atoms with van der Waals surface area (Å²) in [7, 11) is 0. The lowest BCUT2D eigenvalue weighted by molar-refractivity contribution is -0.141. The van der Waals surface area contributed by atoms with E-state index in [9.17, 15) is 13.2 Å². The molecule has 0 atom stereocenters. The minimum Gasteiger partial charge on any atom is -0.255 e. The summed E-state index contributed by atoms with van der Waals surface area (Å²) >= 11 is 6.02. The van der Waals surface area contributed by atoms with E-state index in [1.165, 1.54) is 18.5 Å². The van der Waals surface area contributed by atoms with Gasteiger partial charge in [-0.3, -0.25) is 4.98 Å². The molecule has 0 aliphatic rings. The van der Waals surface area contributed by atoms with Gasteiger partial charge in [-0.2, -0.15) is 18.3 Å². The Labute approximate surface area is 128 Å². The summed E-state index contributed by atoms with van der Waals surface area (Å²) in [6.45, 7) is 0. The van der Waals surface area contributed by atoms with Gasteiger partial charge in [-0.25, -0.2) is 9.67 Å². The molecule has 8 heteroatoms. The van der Waals surface area contributed by atoms with E-state index >= 15 is 0 Å². The van der Waals surface area contributed by atoms with Crippen LogP contribution in [-0.2, 0) is 6.18 Å². The van der Waals surface area contributed by atoms with Gasteiger partial charge < -0.3 is 0 Å². The Hall–Kier alpha value is -2.41. The maximum atomic E-state index is 13.0. The van der Waals surface area contributed by atoms with Crippen LogP contribution in [0.4, 0.5) is 13.2 Å². The van der Waals surface area contributed by atoms with Crippen molar-refractivity contribution in [3.63, 3.8) is 0 Å². The van der Waals surface area contributed by atoms with E-state index < -0.39 is 11.9 Å². The van der Waals surface area contributed by atoms with Gasteiger partial charge in [0.05, 0.1) is 16.4 Å². The van der Waals surface area contributed by atoms with Crippen LogP contribution in [0, 0.1) is 0 Å². The Morgan fingerprint density at radius 1 is 1.00 bits per heavy atom. The first-order chi connectivity index (χ1) is 10.5. The van der Waals surface area contributed by atoms with Crippen LogP contribution < -0.4 is 0 Å². The van der Waals surface area contributed by atoms with Crippen LogP contribution in [0.1, 0.15) is 5.69 Å². The van der Waals surface area contributed by atoms with Gasteiger partial charge in [0.2, 0.25) is 0 Å². The highest BCUT2D eigenvalue weighted by Crippen LogP contribution is 2.33. The molecule has 0 saturated carbocycles. The summed E-state index contributed by atoms with van der Waals surface area (Å²) in [5.74, 6) is 0.111. The van der Waals surface area contributed by atoms with E-state index in [4.69, 9.17) is 11.6 Å². The Balaban J connectivity index is 2.25. The normalized spacial score (nSPS) is 11.6. The Morgan fingerprint density at radius 2 is 1.77 bits per heavy atom. The molecule has 0 aromatic carbocycles. The zero-order valence-corrected chi connectivity index (χ0v) is 11.7. The second kappa shape index (κ2) is 5.42. The molecule has 0 N–H and O–H groups in total. The van der Waals surface area contributed by atoms with Gasteiger partial charge in [0.1, 0.15) is 0 Å². The number of alkyl halides is 3. The molecule has 0 spiro atoms. The predicted molar refractivity (Wildman–Crippen MR) is 74.6 cm³/mol. The minimum absolute atomic E-state index is 0.111. The van der Waals surface area contributed by atoms with Crippen molar-refractivity contribution in [3.05, 3.63) is 59.5 Å². The second-order valence-electron chi connectivity index (χ2n) is 4.35. The van der Waals surface area contributed by atoms with Gasteiger partial charge >= 0.3 is 6.18 Å². The highest BCUT2D eigenvalue weighted by molar-refractivity contribution is 6.32. The topological polar surface area (TPSA) is 43.6 Å². The number of aromatic nitrogens is 4. The molecule has 0 amide bonds. The average Bonchev–Trinajstić information content (AvgIpc) is 2.94. The van der Waals surface area contributed by atoms with Crippen LogP contribution in [-0.4, -0.2) is 19.7 Å². The number of rotatable bonds is 2. The molecule has 0 aliphatic heterocycles. The molecule has 3 aromatic rings. The van der Waals surface area contributed by atoms with Crippen LogP contribution in [0.25, 0.3) is 17.2 Å². The molecule has 0 saturated heterocycles. The van der Waals surface area contributed by atoms with E-state index in [0.717, 1.165) is 10.7 Å². The summed E-state index contributed by atoms with van der Waals surface area (Å²) in [5.41, 5.74) is -0.532. The lowest BCUT2D eigenvalue weighted by Crippen LogP contribution is -2.08. The molecular formula is C14H8ClF3N4. The van der Waals surface area contributed by atoms with E-state index in [2.05, 4.69) is 15.1 Å². The Morgan fingerprint density at radius 3 is 2.41 bits per heavy atom.